The molecule has 2 heterocycles. The average Bonchev–Trinajstić information content (AvgIpc) is 2.56. The number of nitrogens with zero attached hydrogens (tertiary/aromatic N) is 4. The van der Waals surface area contributed by atoms with E-state index in [0.29, 0.717) is 11.1 Å². The first-order valence-electron chi connectivity index (χ1n) is 6.10. The van der Waals surface area contributed by atoms with E-state index < -0.39 is 22.0 Å². The molecule has 17 heteroatoms. The summed E-state index contributed by atoms with van der Waals surface area (Å²) in [4.78, 5) is 44.7. The van der Waals surface area contributed by atoms with Gasteiger partial charge in [-0.05, 0) is 24.3 Å². The van der Waals surface area contributed by atoms with Gasteiger partial charge in [0.25, 0.3) is 0 Å². The Morgan fingerprint density at radius 3 is 0.966 bits per heavy atom. The van der Waals surface area contributed by atoms with E-state index in [2.05, 4.69) is 9.97 Å². The minimum atomic E-state index is -1.75. The molecule has 0 aliphatic rings. The van der Waals surface area contributed by atoms with Crippen molar-refractivity contribution < 1.29 is 47.8 Å². The Morgan fingerprint density at radius 2 is 0.862 bits per heavy atom. The van der Waals surface area contributed by atoms with Gasteiger partial charge in [-0.2, -0.15) is 0 Å². The summed E-state index contributed by atoms with van der Waals surface area (Å²) in [5, 5.41) is 29.5. The van der Waals surface area contributed by atoms with Crippen LogP contribution in [0.3, 0.4) is 0 Å². The largest absolute Gasteiger partial charge is 2.00 e. The van der Waals surface area contributed by atoms with Gasteiger partial charge in [-0.25, -0.2) is 0 Å². The Morgan fingerprint density at radius 1 is 0.690 bits per heavy atom. The molecule has 0 bridgehead atoms. The average molecular weight is 470 g/mol. The van der Waals surface area contributed by atoms with E-state index in [1.807, 2.05) is 0 Å². The SMILES string of the molecule is NC(=O)c1ccncc1.NC(=O)c1ccncc1.O=[N+]([O-])[O-].O=[N+]([O-])[O-].[Cu+2].[OH3+].[OH3+]. The zero-order chi connectivity index (χ0) is 20.5. The number of amides is 2. The van der Waals surface area contributed by atoms with E-state index in [9.17, 15) is 9.59 Å². The number of aromatic nitrogens is 2. The summed E-state index contributed by atoms with van der Waals surface area (Å²) >= 11 is 0. The van der Waals surface area contributed by atoms with Crippen molar-refractivity contribution in [1.29, 1.82) is 0 Å². The molecule has 29 heavy (non-hydrogen) atoms. The maximum atomic E-state index is 10.4. The van der Waals surface area contributed by atoms with Crippen LogP contribution in [-0.4, -0.2) is 32.0 Å². The number of nitrogens with two attached hydrogens (primary N) is 2. The molecule has 2 rings (SSSR count). The Bertz CT molecular complexity index is 637. The van der Waals surface area contributed by atoms with Crippen molar-refractivity contribution in [1.82, 2.24) is 9.97 Å². The molecule has 10 N–H and O–H groups in total. The molecule has 16 nitrogen and oxygen atoms in total. The van der Waals surface area contributed by atoms with Crippen LogP contribution in [0.15, 0.2) is 49.1 Å². The van der Waals surface area contributed by atoms with Crippen LogP contribution in [0.2, 0.25) is 0 Å². The first kappa shape index (κ1) is 36.1. The van der Waals surface area contributed by atoms with Crippen LogP contribution in [-0.2, 0) is 28.0 Å². The molecule has 0 spiro atoms. The predicted octanol–water partition coefficient (Wildman–Crippen LogP) is -1.96. The van der Waals surface area contributed by atoms with Gasteiger partial charge in [0, 0.05) is 35.9 Å². The second-order valence-corrected chi connectivity index (χ2v) is 3.65. The van der Waals surface area contributed by atoms with Crippen molar-refractivity contribution in [2.75, 3.05) is 0 Å². The third kappa shape index (κ3) is 29.1. The Labute approximate surface area is 172 Å². The van der Waals surface area contributed by atoms with Crippen molar-refractivity contribution >= 4 is 11.8 Å². The first-order chi connectivity index (χ1) is 12.1. The van der Waals surface area contributed by atoms with Gasteiger partial charge in [-0.15, -0.1) is 0 Å². The van der Waals surface area contributed by atoms with E-state index >= 15 is 0 Å². The zero-order valence-corrected chi connectivity index (χ0v) is 15.2. The topological polar surface area (TPSA) is 310 Å². The molecule has 0 aliphatic heterocycles. The van der Waals surface area contributed by atoms with Gasteiger partial charge in [-0.1, -0.05) is 0 Å². The fourth-order valence-electron chi connectivity index (χ4n) is 1.03. The van der Waals surface area contributed by atoms with Crippen LogP contribution in [0, 0.1) is 30.6 Å². The molecular weight excluding hydrogens is 452 g/mol. The van der Waals surface area contributed by atoms with Crippen LogP contribution >= 0.6 is 0 Å². The molecule has 0 unspecified atom stereocenters. The number of hydrogen-bond acceptors (Lipinski definition) is 10. The van der Waals surface area contributed by atoms with Gasteiger partial charge in [0.15, 0.2) is 0 Å². The van der Waals surface area contributed by atoms with Crippen LogP contribution in [0.4, 0.5) is 0 Å². The Balaban J connectivity index is -0.0000000912. The molecule has 0 aromatic carbocycles. The second-order valence-electron chi connectivity index (χ2n) is 3.65. The Hall–Kier alpha value is -3.92. The summed E-state index contributed by atoms with van der Waals surface area (Å²) in [6.07, 6.45) is 6.11. The standard InChI is InChI=1S/2C6H6N2O.Cu.2NO3.2H2O/c2*7-6(9)5-1-3-8-4-2-5;;2*2-1(3)4;;/h2*1-4H,(H2,7,9);;;;2*1H2/q;;+2;2*-1;;/p+2. The van der Waals surface area contributed by atoms with E-state index in [1.165, 1.54) is 24.8 Å². The molecule has 0 saturated heterocycles. The Kier molecular flexibility index (Phi) is 27.5. The maximum Gasteiger partial charge on any atom is 2.00 e. The summed E-state index contributed by atoms with van der Waals surface area (Å²) < 4.78 is 0. The summed E-state index contributed by atoms with van der Waals surface area (Å²) in [5.41, 5.74) is 10.9. The number of carbonyl (C=O) groups is 2. The van der Waals surface area contributed by atoms with Crippen molar-refractivity contribution in [2.45, 2.75) is 0 Å². The zero-order valence-electron chi connectivity index (χ0n) is 14.3. The molecule has 0 fully saturated rings. The number of primary amides is 2. The first-order valence-corrected chi connectivity index (χ1v) is 6.10. The van der Waals surface area contributed by atoms with Gasteiger partial charge >= 0.3 is 17.1 Å². The number of hydrogen-bond donors (Lipinski definition) is 2. The van der Waals surface area contributed by atoms with E-state index in [-0.39, 0.29) is 28.0 Å². The van der Waals surface area contributed by atoms with Gasteiger partial charge < -0.3 is 53.1 Å². The van der Waals surface area contributed by atoms with E-state index in [0.717, 1.165) is 0 Å². The second kappa shape index (κ2) is 22.1. The minimum Gasteiger partial charge on any atom is -0.457 e. The molecule has 2 aromatic heterocycles. The van der Waals surface area contributed by atoms with Crippen LogP contribution in [0.25, 0.3) is 0 Å². The normalized spacial score (nSPS) is 7.17. The van der Waals surface area contributed by atoms with Gasteiger partial charge in [0.1, 0.15) is 0 Å². The van der Waals surface area contributed by atoms with E-state index in [1.54, 1.807) is 24.3 Å². The molecule has 0 saturated carbocycles. The van der Waals surface area contributed by atoms with Gasteiger partial charge in [0.05, 0.1) is 10.2 Å². The number of rotatable bonds is 2. The third-order valence-corrected chi connectivity index (χ3v) is 1.93. The molecule has 2 aromatic rings. The quantitative estimate of drug-likeness (QED) is 0.211. The minimum absolute atomic E-state index is 0. The van der Waals surface area contributed by atoms with Crippen LogP contribution in [0.5, 0.6) is 0 Å². The molecule has 1 radical (unpaired) electrons. The van der Waals surface area contributed by atoms with Crippen LogP contribution in [0.1, 0.15) is 20.7 Å². The number of carbonyl (C=O) groups excluding carboxylic acids is 2. The maximum absolute atomic E-state index is 10.4. The van der Waals surface area contributed by atoms with Crippen molar-refractivity contribution in [3.8, 4) is 0 Å². The summed E-state index contributed by atoms with van der Waals surface area (Å²) in [7, 11) is 0. The summed E-state index contributed by atoms with van der Waals surface area (Å²) in [6, 6.07) is 6.29. The molecular formula is C12H18CuN6O10+2. The van der Waals surface area contributed by atoms with Gasteiger partial charge in [0.2, 0.25) is 11.8 Å². The summed E-state index contributed by atoms with van der Waals surface area (Å²) in [5.74, 6) is -0.838. The van der Waals surface area contributed by atoms with E-state index in [4.69, 9.17) is 42.1 Å². The predicted molar refractivity (Wildman–Crippen MR) is 96.0 cm³/mol. The molecule has 0 aliphatic carbocycles. The van der Waals surface area contributed by atoms with Crippen LogP contribution < -0.4 is 11.5 Å². The number of pyridine rings is 2. The fourth-order valence-corrected chi connectivity index (χ4v) is 1.03. The monoisotopic (exact) mass is 469 g/mol. The van der Waals surface area contributed by atoms with Crippen molar-refractivity contribution in [3.63, 3.8) is 0 Å². The smallest absolute Gasteiger partial charge is 0.457 e. The van der Waals surface area contributed by atoms with Crippen molar-refractivity contribution in [3.05, 3.63) is 90.8 Å². The third-order valence-electron chi connectivity index (χ3n) is 1.93. The molecule has 0 atom stereocenters. The summed E-state index contributed by atoms with van der Waals surface area (Å²) in [6.45, 7) is 0. The molecule has 165 valence electrons. The van der Waals surface area contributed by atoms with Crippen molar-refractivity contribution in [2.24, 2.45) is 11.5 Å². The van der Waals surface area contributed by atoms with Gasteiger partial charge in [-0.3, -0.25) is 19.6 Å². The fraction of sp³-hybridized carbons (Fsp3) is 0. The molecule has 2 amide bonds.